The molecule has 3 rings (SSSR count). The lowest BCUT2D eigenvalue weighted by Gasteiger charge is -2.18. The lowest BCUT2D eigenvalue weighted by atomic mass is 10.1. The van der Waals surface area contributed by atoms with Crippen LogP contribution in [0.15, 0.2) is 47.4 Å². The highest BCUT2D eigenvalue weighted by atomic mass is 32.1. The van der Waals surface area contributed by atoms with Crippen LogP contribution in [0.1, 0.15) is 10.4 Å². The fourth-order valence-electron chi connectivity index (χ4n) is 1.96. The van der Waals surface area contributed by atoms with Crippen LogP contribution < -0.4 is 9.64 Å². The molecule has 0 aliphatic rings. The molecule has 0 atom stereocenters. The van der Waals surface area contributed by atoms with E-state index in [1.807, 2.05) is 22.9 Å². The maximum Gasteiger partial charge on any atom is 0.269 e. The van der Waals surface area contributed by atoms with E-state index >= 15 is 0 Å². The van der Waals surface area contributed by atoms with Crippen molar-refractivity contribution in [3.8, 4) is 5.75 Å². The number of rotatable bonds is 4. The molecule has 7 heteroatoms. The summed E-state index contributed by atoms with van der Waals surface area (Å²) in [6.45, 7) is 0. The van der Waals surface area contributed by atoms with Gasteiger partial charge in [-0.3, -0.25) is 9.89 Å². The number of hydrogen-bond acceptors (Lipinski definition) is 5. The molecule has 0 fully saturated rings. The van der Waals surface area contributed by atoms with Crippen molar-refractivity contribution in [2.24, 2.45) is 0 Å². The molecular weight excluding hydrogens is 288 g/mol. The zero-order chi connectivity index (χ0) is 14.7. The molecule has 0 saturated heterocycles. The van der Waals surface area contributed by atoms with Gasteiger partial charge >= 0.3 is 0 Å². The number of carbonyl (C=O) groups excluding carboxylic acids is 1. The summed E-state index contributed by atoms with van der Waals surface area (Å²) in [7, 11) is 1.54. The number of aromatic amines is 1. The van der Waals surface area contributed by atoms with Gasteiger partial charge in [0.1, 0.15) is 12.1 Å². The Morgan fingerprint density at radius 2 is 2.19 bits per heavy atom. The standard InChI is InChI=1S/C14H12N4O2S/c1-20-12-5-3-2-4-11(12)13(19)18(10-6-7-21-8-10)14-15-9-16-17-14/h2-9H,1H3,(H,15,16,17). The van der Waals surface area contributed by atoms with Crippen LogP contribution in [0.3, 0.4) is 0 Å². The summed E-state index contributed by atoms with van der Waals surface area (Å²) < 4.78 is 5.26. The first kappa shape index (κ1) is 13.3. The molecule has 21 heavy (non-hydrogen) atoms. The third-order valence-corrected chi connectivity index (χ3v) is 3.58. The minimum Gasteiger partial charge on any atom is -0.496 e. The Labute approximate surface area is 125 Å². The number of carbonyl (C=O) groups is 1. The van der Waals surface area contributed by atoms with Crippen LogP contribution in [0.4, 0.5) is 11.6 Å². The highest BCUT2D eigenvalue weighted by Crippen LogP contribution is 2.29. The van der Waals surface area contributed by atoms with Crippen molar-refractivity contribution in [3.63, 3.8) is 0 Å². The van der Waals surface area contributed by atoms with E-state index in [2.05, 4.69) is 15.2 Å². The van der Waals surface area contributed by atoms with Gasteiger partial charge < -0.3 is 4.74 Å². The summed E-state index contributed by atoms with van der Waals surface area (Å²) in [5.41, 5.74) is 1.17. The second-order valence-electron chi connectivity index (χ2n) is 4.12. The molecule has 2 heterocycles. The van der Waals surface area contributed by atoms with Gasteiger partial charge in [0.05, 0.1) is 18.4 Å². The second-order valence-corrected chi connectivity index (χ2v) is 4.90. The number of para-hydroxylation sites is 1. The number of benzene rings is 1. The predicted octanol–water partition coefficient (Wildman–Crippen LogP) is 2.85. The number of nitrogens with one attached hydrogen (secondary N) is 1. The summed E-state index contributed by atoms with van der Waals surface area (Å²) in [5.74, 6) is 0.563. The Bertz CT molecular complexity index is 691. The van der Waals surface area contributed by atoms with Crippen LogP contribution in [-0.4, -0.2) is 28.2 Å². The van der Waals surface area contributed by atoms with Crippen molar-refractivity contribution >= 4 is 28.9 Å². The number of amides is 1. The number of methoxy groups -OCH3 is 1. The Morgan fingerprint density at radius 3 is 2.86 bits per heavy atom. The van der Waals surface area contributed by atoms with Crippen LogP contribution in [-0.2, 0) is 0 Å². The van der Waals surface area contributed by atoms with E-state index in [9.17, 15) is 4.79 Å². The van der Waals surface area contributed by atoms with E-state index in [1.165, 1.54) is 29.7 Å². The minimum absolute atomic E-state index is 0.245. The Hall–Kier alpha value is -2.67. The number of aromatic nitrogens is 3. The van der Waals surface area contributed by atoms with Gasteiger partial charge in [0, 0.05) is 5.38 Å². The summed E-state index contributed by atoms with van der Waals surface area (Å²) in [5, 5.41) is 10.4. The smallest absolute Gasteiger partial charge is 0.269 e. The van der Waals surface area contributed by atoms with Crippen LogP contribution in [0.2, 0.25) is 0 Å². The highest BCUT2D eigenvalue weighted by molar-refractivity contribution is 7.08. The number of H-pyrrole nitrogens is 1. The molecule has 106 valence electrons. The third kappa shape index (κ3) is 2.50. The largest absolute Gasteiger partial charge is 0.496 e. The molecule has 6 nitrogen and oxygen atoms in total. The summed E-state index contributed by atoms with van der Waals surface area (Å²) in [6.07, 6.45) is 1.43. The normalized spacial score (nSPS) is 10.3. The van der Waals surface area contributed by atoms with Crippen LogP contribution >= 0.6 is 11.3 Å². The quantitative estimate of drug-likeness (QED) is 0.804. The first-order chi connectivity index (χ1) is 10.3. The van der Waals surface area contributed by atoms with E-state index in [0.717, 1.165) is 5.69 Å². The second kappa shape index (κ2) is 5.76. The monoisotopic (exact) mass is 300 g/mol. The molecule has 0 bridgehead atoms. The number of ether oxygens (including phenoxy) is 1. The molecule has 0 radical (unpaired) electrons. The summed E-state index contributed by atoms with van der Waals surface area (Å²) in [6, 6.07) is 8.91. The zero-order valence-electron chi connectivity index (χ0n) is 11.2. The van der Waals surface area contributed by atoms with Gasteiger partial charge in [-0.1, -0.05) is 12.1 Å². The maximum absolute atomic E-state index is 12.9. The van der Waals surface area contributed by atoms with Gasteiger partial charge in [-0.25, -0.2) is 4.90 Å². The molecular formula is C14H12N4O2S. The average Bonchev–Trinajstić information content (AvgIpc) is 3.21. The van der Waals surface area contributed by atoms with E-state index in [1.54, 1.807) is 18.2 Å². The maximum atomic E-state index is 12.9. The predicted molar refractivity (Wildman–Crippen MR) is 80.2 cm³/mol. The molecule has 0 spiro atoms. The summed E-state index contributed by atoms with van der Waals surface area (Å²) >= 11 is 1.50. The van der Waals surface area contributed by atoms with Gasteiger partial charge in [-0.2, -0.15) is 16.3 Å². The molecule has 0 aliphatic heterocycles. The van der Waals surface area contributed by atoms with Crippen molar-refractivity contribution in [1.29, 1.82) is 0 Å². The van der Waals surface area contributed by atoms with Gasteiger partial charge in [0.2, 0.25) is 0 Å². The Kier molecular flexibility index (Phi) is 3.65. The van der Waals surface area contributed by atoms with Crippen molar-refractivity contribution in [2.75, 3.05) is 12.0 Å². The Morgan fingerprint density at radius 1 is 1.33 bits per heavy atom. The van der Waals surface area contributed by atoms with Crippen LogP contribution in [0.25, 0.3) is 0 Å². The molecule has 3 aromatic rings. The number of hydrogen-bond donors (Lipinski definition) is 1. The molecule has 1 aromatic carbocycles. The number of nitrogens with zero attached hydrogens (tertiary/aromatic N) is 3. The SMILES string of the molecule is COc1ccccc1C(=O)N(c1ccsc1)c1nc[nH]n1. The Balaban J connectivity index is 2.07. The highest BCUT2D eigenvalue weighted by Gasteiger charge is 2.25. The average molecular weight is 300 g/mol. The van der Waals surface area contributed by atoms with E-state index in [4.69, 9.17) is 4.74 Å². The molecule has 0 aliphatic carbocycles. The lowest BCUT2D eigenvalue weighted by Crippen LogP contribution is -2.27. The number of anilines is 2. The van der Waals surface area contributed by atoms with Crippen molar-refractivity contribution in [1.82, 2.24) is 15.2 Å². The topological polar surface area (TPSA) is 71.1 Å². The minimum atomic E-state index is -0.245. The van der Waals surface area contributed by atoms with Crippen LogP contribution in [0, 0.1) is 0 Å². The first-order valence-corrected chi connectivity index (χ1v) is 7.11. The molecule has 0 saturated carbocycles. The first-order valence-electron chi connectivity index (χ1n) is 6.16. The fourth-order valence-corrected chi connectivity index (χ4v) is 2.58. The molecule has 2 aromatic heterocycles. The van der Waals surface area contributed by atoms with Crippen LogP contribution in [0.5, 0.6) is 5.75 Å². The van der Waals surface area contributed by atoms with Crippen molar-refractivity contribution in [3.05, 3.63) is 53.0 Å². The van der Waals surface area contributed by atoms with E-state index in [-0.39, 0.29) is 5.91 Å². The van der Waals surface area contributed by atoms with Gasteiger partial charge in [0.15, 0.2) is 0 Å². The number of thiophene rings is 1. The van der Waals surface area contributed by atoms with Crippen molar-refractivity contribution < 1.29 is 9.53 Å². The van der Waals surface area contributed by atoms with Crippen molar-refractivity contribution in [2.45, 2.75) is 0 Å². The molecule has 0 unspecified atom stereocenters. The molecule has 1 amide bonds. The lowest BCUT2D eigenvalue weighted by molar-refractivity contribution is 0.0995. The third-order valence-electron chi connectivity index (χ3n) is 2.91. The van der Waals surface area contributed by atoms with Gasteiger partial charge in [0.25, 0.3) is 11.9 Å². The molecule has 1 N–H and O–H groups in total. The summed E-state index contributed by atoms with van der Waals surface area (Å²) in [4.78, 5) is 18.4. The van der Waals surface area contributed by atoms with Gasteiger partial charge in [-0.05, 0) is 23.6 Å². The fraction of sp³-hybridized carbons (Fsp3) is 0.0714. The van der Waals surface area contributed by atoms with E-state index < -0.39 is 0 Å². The zero-order valence-corrected chi connectivity index (χ0v) is 12.0. The van der Waals surface area contributed by atoms with E-state index in [0.29, 0.717) is 17.3 Å². The van der Waals surface area contributed by atoms with Gasteiger partial charge in [-0.15, -0.1) is 5.10 Å².